The van der Waals surface area contributed by atoms with Crippen molar-refractivity contribution in [2.75, 3.05) is 26.1 Å². The first kappa shape index (κ1) is 20.2. The van der Waals surface area contributed by atoms with Crippen molar-refractivity contribution < 1.29 is 27.8 Å². The maximum Gasteiger partial charge on any atom is 0.233 e. The van der Waals surface area contributed by atoms with E-state index in [2.05, 4.69) is 10.6 Å². The van der Waals surface area contributed by atoms with Gasteiger partial charge in [0.15, 0.2) is 11.5 Å². The molecule has 0 unspecified atom stereocenters. The van der Waals surface area contributed by atoms with Crippen LogP contribution in [0, 0.1) is 11.6 Å². The number of methoxy groups -OCH3 is 2. The van der Waals surface area contributed by atoms with Crippen LogP contribution < -0.4 is 20.1 Å². The summed E-state index contributed by atoms with van der Waals surface area (Å²) in [5.41, 5.74) is 0.339. The molecule has 6 nitrogen and oxygen atoms in total. The van der Waals surface area contributed by atoms with E-state index in [1.165, 1.54) is 20.3 Å². The molecule has 0 heterocycles. The molecule has 0 aliphatic rings. The molecule has 2 N–H and O–H groups in total. The van der Waals surface area contributed by atoms with E-state index in [-0.39, 0.29) is 6.54 Å². The lowest BCUT2D eigenvalue weighted by atomic mass is 10.1. The van der Waals surface area contributed by atoms with E-state index in [9.17, 15) is 18.4 Å². The van der Waals surface area contributed by atoms with Crippen LogP contribution in [0.3, 0.4) is 0 Å². The van der Waals surface area contributed by atoms with Gasteiger partial charge >= 0.3 is 0 Å². The van der Waals surface area contributed by atoms with Crippen LogP contribution in [0.25, 0.3) is 0 Å². The molecule has 0 saturated heterocycles. The number of amides is 2. The van der Waals surface area contributed by atoms with Crippen molar-refractivity contribution in [3.63, 3.8) is 0 Å². The van der Waals surface area contributed by atoms with Crippen LogP contribution in [0.15, 0.2) is 36.4 Å². The average Bonchev–Trinajstić information content (AvgIpc) is 2.64. The molecule has 0 saturated carbocycles. The van der Waals surface area contributed by atoms with Crippen LogP contribution in [0.2, 0.25) is 0 Å². The molecule has 0 fully saturated rings. The number of benzene rings is 2. The standard InChI is InChI=1S/C19H20F2N2O4/c1-26-15-7-6-12(10-16(15)27-2)8-9-22-17(24)11-18(25)23-19-13(20)4-3-5-14(19)21/h3-7,10H,8-9,11H2,1-2H3,(H,22,24)(H,23,25). The zero-order valence-electron chi connectivity index (χ0n) is 15.0. The first-order valence-corrected chi connectivity index (χ1v) is 8.16. The van der Waals surface area contributed by atoms with Gasteiger partial charge in [0.25, 0.3) is 0 Å². The number of hydrogen-bond donors (Lipinski definition) is 2. The molecule has 2 rings (SSSR count). The Morgan fingerprint density at radius 2 is 1.63 bits per heavy atom. The van der Waals surface area contributed by atoms with E-state index in [0.717, 1.165) is 17.7 Å². The minimum atomic E-state index is -0.905. The fourth-order valence-electron chi connectivity index (χ4n) is 2.39. The van der Waals surface area contributed by atoms with Crippen LogP contribution in [-0.4, -0.2) is 32.6 Å². The van der Waals surface area contributed by atoms with Gasteiger partial charge < -0.3 is 20.1 Å². The van der Waals surface area contributed by atoms with E-state index < -0.39 is 35.6 Å². The molecular weight excluding hydrogens is 358 g/mol. The number of ether oxygens (including phenoxy) is 2. The largest absolute Gasteiger partial charge is 0.493 e. The molecule has 0 aliphatic carbocycles. The van der Waals surface area contributed by atoms with Gasteiger partial charge in [-0.15, -0.1) is 0 Å². The summed E-state index contributed by atoms with van der Waals surface area (Å²) in [6, 6.07) is 8.59. The SMILES string of the molecule is COc1ccc(CCNC(=O)CC(=O)Nc2c(F)cccc2F)cc1OC. The van der Waals surface area contributed by atoms with E-state index in [0.29, 0.717) is 17.9 Å². The zero-order valence-corrected chi connectivity index (χ0v) is 15.0. The van der Waals surface area contributed by atoms with Gasteiger partial charge in [0, 0.05) is 6.54 Å². The third-order valence-corrected chi connectivity index (χ3v) is 3.73. The van der Waals surface area contributed by atoms with Crippen molar-refractivity contribution in [3.8, 4) is 11.5 Å². The summed E-state index contributed by atoms with van der Waals surface area (Å²) >= 11 is 0. The van der Waals surface area contributed by atoms with Crippen LogP contribution in [0.4, 0.5) is 14.5 Å². The first-order valence-electron chi connectivity index (χ1n) is 8.16. The summed E-state index contributed by atoms with van der Waals surface area (Å²) in [5.74, 6) is -1.99. The van der Waals surface area contributed by atoms with Crippen molar-refractivity contribution >= 4 is 17.5 Å². The van der Waals surface area contributed by atoms with Gasteiger partial charge in [0.1, 0.15) is 23.7 Å². The number of nitrogens with one attached hydrogen (secondary N) is 2. The Bertz CT molecular complexity index is 807. The molecule has 0 aromatic heterocycles. The number of rotatable bonds is 8. The first-order chi connectivity index (χ1) is 12.9. The van der Waals surface area contributed by atoms with Crippen LogP contribution >= 0.6 is 0 Å². The molecule has 0 spiro atoms. The lowest BCUT2D eigenvalue weighted by Gasteiger charge is -2.10. The van der Waals surface area contributed by atoms with Crippen molar-refractivity contribution in [1.82, 2.24) is 5.32 Å². The predicted octanol–water partition coefficient (Wildman–Crippen LogP) is 2.67. The number of halogens is 2. The summed E-state index contributed by atoms with van der Waals surface area (Å²) in [7, 11) is 3.07. The molecule has 2 aromatic carbocycles. The maximum absolute atomic E-state index is 13.5. The Kier molecular flexibility index (Phi) is 7.10. The topological polar surface area (TPSA) is 76.7 Å². The molecule has 2 aromatic rings. The highest BCUT2D eigenvalue weighted by Crippen LogP contribution is 2.27. The number of para-hydroxylation sites is 1. The molecule has 0 aliphatic heterocycles. The minimum Gasteiger partial charge on any atom is -0.493 e. The second-order valence-electron chi connectivity index (χ2n) is 5.61. The van der Waals surface area contributed by atoms with Gasteiger partial charge in [-0.25, -0.2) is 8.78 Å². The van der Waals surface area contributed by atoms with Crippen molar-refractivity contribution in [3.05, 3.63) is 53.6 Å². The van der Waals surface area contributed by atoms with E-state index >= 15 is 0 Å². The van der Waals surface area contributed by atoms with Crippen LogP contribution in [0.5, 0.6) is 11.5 Å². The molecule has 0 bridgehead atoms. The normalized spacial score (nSPS) is 10.2. The molecule has 2 amide bonds. The van der Waals surface area contributed by atoms with Gasteiger partial charge in [0.05, 0.1) is 14.2 Å². The van der Waals surface area contributed by atoms with Crippen LogP contribution in [-0.2, 0) is 16.0 Å². The van der Waals surface area contributed by atoms with Crippen molar-refractivity contribution in [2.24, 2.45) is 0 Å². The minimum absolute atomic E-state index is 0.287. The van der Waals surface area contributed by atoms with E-state index in [1.807, 2.05) is 6.07 Å². The Morgan fingerprint density at radius 1 is 0.963 bits per heavy atom. The van der Waals surface area contributed by atoms with Crippen LogP contribution in [0.1, 0.15) is 12.0 Å². The van der Waals surface area contributed by atoms with E-state index in [1.54, 1.807) is 12.1 Å². The monoisotopic (exact) mass is 378 g/mol. The predicted molar refractivity (Wildman–Crippen MR) is 95.9 cm³/mol. The molecule has 8 heteroatoms. The number of carbonyl (C=O) groups is 2. The Morgan fingerprint density at radius 3 is 2.26 bits per heavy atom. The summed E-state index contributed by atoms with van der Waals surface area (Å²) in [6.45, 7) is 0.287. The Labute approximate surface area is 155 Å². The lowest BCUT2D eigenvalue weighted by Crippen LogP contribution is -2.30. The Balaban J connectivity index is 1.81. The smallest absolute Gasteiger partial charge is 0.233 e. The number of anilines is 1. The van der Waals surface area contributed by atoms with E-state index in [4.69, 9.17) is 9.47 Å². The molecular formula is C19H20F2N2O4. The molecule has 144 valence electrons. The average molecular weight is 378 g/mol. The molecule has 0 radical (unpaired) electrons. The molecule has 27 heavy (non-hydrogen) atoms. The summed E-state index contributed by atoms with van der Waals surface area (Å²) < 4.78 is 37.3. The zero-order chi connectivity index (χ0) is 19.8. The quantitative estimate of drug-likeness (QED) is 0.693. The Hall–Kier alpha value is -3.16. The second kappa shape index (κ2) is 9.51. The van der Waals surface area contributed by atoms with Gasteiger partial charge in [-0.2, -0.15) is 0 Å². The maximum atomic E-state index is 13.5. The highest BCUT2D eigenvalue weighted by molar-refractivity contribution is 6.03. The highest BCUT2D eigenvalue weighted by Gasteiger charge is 2.14. The summed E-state index contributed by atoms with van der Waals surface area (Å²) in [6.07, 6.45) is -0.0324. The van der Waals surface area contributed by atoms with Gasteiger partial charge in [-0.3, -0.25) is 9.59 Å². The van der Waals surface area contributed by atoms with Gasteiger partial charge in [-0.1, -0.05) is 12.1 Å². The second-order valence-corrected chi connectivity index (χ2v) is 5.61. The third kappa shape index (κ3) is 5.67. The summed E-state index contributed by atoms with van der Waals surface area (Å²) in [5, 5.41) is 4.65. The fourth-order valence-corrected chi connectivity index (χ4v) is 2.39. The van der Waals surface area contributed by atoms with Crippen molar-refractivity contribution in [2.45, 2.75) is 12.8 Å². The third-order valence-electron chi connectivity index (χ3n) is 3.73. The lowest BCUT2D eigenvalue weighted by molar-refractivity contribution is -0.126. The van der Waals surface area contributed by atoms with Gasteiger partial charge in [0.2, 0.25) is 11.8 Å². The number of hydrogen-bond acceptors (Lipinski definition) is 4. The summed E-state index contributed by atoms with van der Waals surface area (Å²) in [4.78, 5) is 23.6. The highest BCUT2D eigenvalue weighted by atomic mass is 19.1. The van der Waals surface area contributed by atoms with Crippen molar-refractivity contribution in [1.29, 1.82) is 0 Å². The molecule has 0 atom stereocenters. The number of carbonyl (C=O) groups excluding carboxylic acids is 2. The van der Waals surface area contributed by atoms with Gasteiger partial charge in [-0.05, 0) is 36.2 Å². The fraction of sp³-hybridized carbons (Fsp3) is 0.263.